The number of nitrogens with one attached hydrogen (secondary N) is 1. The summed E-state index contributed by atoms with van der Waals surface area (Å²) in [6.45, 7) is 1.94. The lowest BCUT2D eigenvalue weighted by molar-refractivity contribution is -0.122. The third kappa shape index (κ3) is 4.91. The van der Waals surface area contributed by atoms with Gasteiger partial charge in [-0.15, -0.1) is 0 Å². The summed E-state index contributed by atoms with van der Waals surface area (Å²) in [5.41, 5.74) is 0.261. The monoisotopic (exact) mass is 454 g/mol. The second kappa shape index (κ2) is 9.01. The quantitative estimate of drug-likeness (QED) is 0.690. The minimum absolute atomic E-state index is 0.165. The third-order valence-electron chi connectivity index (χ3n) is 4.55. The number of ether oxygens (including phenoxy) is 3. The first-order chi connectivity index (χ1) is 14.2. The van der Waals surface area contributed by atoms with E-state index in [1.165, 1.54) is 26.2 Å². The molecular weight excluding hydrogens is 432 g/mol. The van der Waals surface area contributed by atoms with Gasteiger partial charge in [-0.1, -0.05) is 23.7 Å². The van der Waals surface area contributed by atoms with Gasteiger partial charge in [0.25, 0.3) is 0 Å². The summed E-state index contributed by atoms with van der Waals surface area (Å²) < 4.78 is 42.4. The summed E-state index contributed by atoms with van der Waals surface area (Å²) in [4.78, 5) is 12.7. The number of sulfonamides is 1. The van der Waals surface area contributed by atoms with Crippen molar-refractivity contribution in [3.05, 3.63) is 47.5 Å². The Kier molecular flexibility index (Phi) is 6.62. The number of para-hydroxylation sites is 2. The molecule has 2 aromatic carbocycles. The van der Waals surface area contributed by atoms with Crippen molar-refractivity contribution < 1.29 is 27.4 Å². The second-order valence-corrected chi connectivity index (χ2v) is 9.06. The number of amides is 1. The number of anilines is 1. The highest BCUT2D eigenvalue weighted by atomic mass is 35.5. The van der Waals surface area contributed by atoms with Crippen LogP contribution in [0, 0.1) is 0 Å². The number of halogens is 1. The molecule has 30 heavy (non-hydrogen) atoms. The van der Waals surface area contributed by atoms with Crippen molar-refractivity contribution in [2.24, 2.45) is 0 Å². The maximum absolute atomic E-state index is 12.7. The van der Waals surface area contributed by atoms with E-state index in [1.807, 2.05) is 12.1 Å². The molecule has 8 nitrogen and oxygen atoms in total. The Labute approximate surface area is 180 Å². The Balaban J connectivity index is 1.70. The SMILES string of the molecule is COc1ccc(N([C@@H](C)C(=O)NC[C@@H]2COc3ccccc3O2)S(C)(=O)=O)cc1Cl. The number of rotatable bonds is 7. The highest BCUT2D eigenvalue weighted by molar-refractivity contribution is 7.92. The predicted octanol–water partition coefficient (Wildman–Crippen LogP) is 2.46. The molecule has 0 saturated heterocycles. The van der Waals surface area contributed by atoms with Crippen molar-refractivity contribution >= 4 is 33.2 Å². The zero-order valence-electron chi connectivity index (χ0n) is 16.8. The van der Waals surface area contributed by atoms with Gasteiger partial charge in [0, 0.05) is 0 Å². The van der Waals surface area contributed by atoms with E-state index in [4.69, 9.17) is 25.8 Å². The zero-order chi connectivity index (χ0) is 21.9. The fourth-order valence-corrected chi connectivity index (χ4v) is 4.55. The van der Waals surface area contributed by atoms with Crippen molar-refractivity contribution in [3.63, 3.8) is 0 Å². The van der Waals surface area contributed by atoms with Crippen LogP contribution in [0.3, 0.4) is 0 Å². The van der Waals surface area contributed by atoms with E-state index in [2.05, 4.69) is 5.32 Å². The van der Waals surface area contributed by atoms with Crippen LogP contribution < -0.4 is 23.8 Å². The largest absolute Gasteiger partial charge is 0.495 e. The standard InChI is InChI=1S/C20H23ClN2O6S/c1-13(23(30(3,25)26)14-8-9-17(27-2)16(21)10-14)20(24)22-11-15-12-28-18-6-4-5-7-19(18)29-15/h4-10,13,15H,11-12H2,1-3H3,(H,22,24)/t13-,15+/m0/s1. The van der Waals surface area contributed by atoms with Gasteiger partial charge in [0.15, 0.2) is 11.5 Å². The number of hydrogen-bond acceptors (Lipinski definition) is 6. The number of nitrogens with zero attached hydrogens (tertiary/aromatic N) is 1. The first-order valence-electron chi connectivity index (χ1n) is 9.20. The summed E-state index contributed by atoms with van der Waals surface area (Å²) in [6.07, 6.45) is 0.641. The Morgan fingerprint density at radius 1 is 1.30 bits per heavy atom. The molecule has 162 valence electrons. The molecule has 0 fully saturated rings. The van der Waals surface area contributed by atoms with Crippen LogP contribution >= 0.6 is 11.6 Å². The van der Waals surface area contributed by atoms with Gasteiger partial charge in [0.05, 0.1) is 30.6 Å². The van der Waals surface area contributed by atoms with Gasteiger partial charge in [-0.3, -0.25) is 9.10 Å². The lowest BCUT2D eigenvalue weighted by Crippen LogP contribution is -2.50. The van der Waals surface area contributed by atoms with Gasteiger partial charge in [-0.25, -0.2) is 8.42 Å². The van der Waals surface area contributed by atoms with E-state index in [1.54, 1.807) is 18.2 Å². The van der Waals surface area contributed by atoms with E-state index < -0.39 is 28.1 Å². The molecule has 0 unspecified atom stereocenters. The third-order valence-corrected chi connectivity index (χ3v) is 6.09. The Bertz CT molecular complexity index is 1030. The van der Waals surface area contributed by atoms with Crippen molar-refractivity contribution in [1.29, 1.82) is 0 Å². The van der Waals surface area contributed by atoms with Gasteiger partial charge in [-0.2, -0.15) is 0 Å². The Morgan fingerprint density at radius 2 is 2.00 bits per heavy atom. The van der Waals surface area contributed by atoms with Crippen molar-refractivity contribution in [1.82, 2.24) is 5.32 Å². The van der Waals surface area contributed by atoms with Crippen LogP contribution in [0.1, 0.15) is 6.92 Å². The normalized spacial score (nSPS) is 16.5. The summed E-state index contributed by atoms with van der Waals surface area (Å²) in [7, 11) is -2.31. The molecule has 10 heteroatoms. The number of carbonyl (C=O) groups is 1. The van der Waals surface area contributed by atoms with Crippen LogP contribution in [0.15, 0.2) is 42.5 Å². The van der Waals surface area contributed by atoms with Gasteiger partial charge < -0.3 is 19.5 Å². The second-order valence-electron chi connectivity index (χ2n) is 6.80. The predicted molar refractivity (Wildman–Crippen MR) is 114 cm³/mol. The van der Waals surface area contributed by atoms with Crippen LogP contribution in [0.4, 0.5) is 5.69 Å². The minimum Gasteiger partial charge on any atom is -0.495 e. The van der Waals surface area contributed by atoms with Crippen molar-refractivity contribution in [3.8, 4) is 17.2 Å². The summed E-state index contributed by atoms with van der Waals surface area (Å²) in [5.74, 6) is 1.17. The molecule has 1 heterocycles. The average Bonchev–Trinajstić information content (AvgIpc) is 2.71. The molecular formula is C20H23ClN2O6S. The first kappa shape index (κ1) is 22.0. The molecule has 3 rings (SSSR count). The van der Waals surface area contributed by atoms with Crippen LogP contribution in [0.5, 0.6) is 17.2 Å². The van der Waals surface area contributed by atoms with Crippen LogP contribution in [0.25, 0.3) is 0 Å². The molecule has 0 saturated carbocycles. The average molecular weight is 455 g/mol. The highest BCUT2D eigenvalue weighted by Gasteiger charge is 2.30. The molecule has 0 spiro atoms. The molecule has 1 N–H and O–H groups in total. The van der Waals surface area contributed by atoms with Gasteiger partial charge >= 0.3 is 0 Å². The summed E-state index contributed by atoms with van der Waals surface area (Å²) in [6, 6.07) is 10.8. The summed E-state index contributed by atoms with van der Waals surface area (Å²) in [5, 5.41) is 2.97. The van der Waals surface area contributed by atoms with Crippen molar-refractivity contribution in [2.75, 3.05) is 30.8 Å². The van der Waals surface area contributed by atoms with E-state index in [9.17, 15) is 13.2 Å². The lowest BCUT2D eigenvalue weighted by Gasteiger charge is -2.30. The number of hydrogen-bond donors (Lipinski definition) is 1. The fraction of sp³-hybridized carbons (Fsp3) is 0.350. The zero-order valence-corrected chi connectivity index (χ0v) is 18.4. The van der Waals surface area contributed by atoms with E-state index in [0.29, 0.717) is 17.2 Å². The topological polar surface area (TPSA) is 94.2 Å². The highest BCUT2D eigenvalue weighted by Crippen LogP contribution is 2.32. The number of benzene rings is 2. The number of methoxy groups -OCH3 is 1. The fourth-order valence-electron chi connectivity index (χ4n) is 3.13. The molecule has 1 amide bonds. The van der Waals surface area contributed by atoms with E-state index in [0.717, 1.165) is 10.6 Å². The molecule has 0 radical (unpaired) electrons. The molecule has 0 bridgehead atoms. The van der Waals surface area contributed by atoms with Gasteiger partial charge in [-0.05, 0) is 37.3 Å². The van der Waals surface area contributed by atoms with Gasteiger partial charge in [0.2, 0.25) is 15.9 Å². The number of carbonyl (C=O) groups excluding carboxylic acids is 1. The van der Waals surface area contributed by atoms with E-state index in [-0.39, 0.29) is 23.9 Å². The van der Waals surface area contributed by atoms with Crippen LogP contribution in [0.2, 0.25) is 5.02 Å². The lowest BCUT2D eigenvalue weighted by atomic mass is 10.2. The Hall–Kier alpha value is -2.65. The molecule has 0 aliphatic carbocycles. The van der Waals surface area contributed by atoms with E-state index >= 15 is 0 Å². The molecule has 2 aromatic rings. The van der Waals surface area contributed by atoms with Crippen molar-refractivity contribution in [2.45, 2.75) is 19.1 Å². The van der Waals surface area contributed by atoms with Crippen LogP contribution in [-0.4, -0.2) is 53.0 Å². The Morgan fingerprint density at radius 3 is 2.63 bits per heavy atom. The maximum Gasteiger partial charge on any atom is 0.243 e. The molecule has 1 aliphatic rings. The minimum atomic E-state index is -3.76. The first-order valence-corrected chi connectivity index (χ1v) is 11.4. The molecule has 0 aromatic heterocycles. The number of fused-ring (bicyclic) bond motifs is 1. The molecule has 1 aliphatic heterocycles. The van der Waals surface area contributed by atoms with Gasteiger partial charge in [0.1, 0.15) is 24.5 Å². The summed E-state index contributed by atoms with van der Waals surface area (Å²) >= 11 is 6.13. The molecule has 2 atom stereocenters. The smallest absolute Gasteiger partial charge is 0.243 e. The maximum atomic E-state index is 12.7. The van der Waals surface area contributed by atoms with Crippen LogP contribution in [-0.2, 0) is 14.8 Å².